The van der Waals surface area contributed by atoms with Crippen molar-refractivity contribution in [1.29, 1.82) is 0 Å². The number of nitrogens with zero attached hydrogens (tertiary/aromatic N) is 5. The SMILES string of the molecule is CC1(C)OB(c2ccc(OC(F)F)nc2)OC1(C)C.CNC(=O)Cn1nc(-c2ccc(OC(F)F)nc2)ccc1=O.FC(F)Nc1ccc(Br)cn1.O=c1ccc(Br)c[nH]1. The fourth-order valence-electron chi connectivity index (χ4n) is 4.26. The van der Waals surface area contributed by atoms with E-state index < -0.39 is 43.7 Å². The molecule has 5 aromatic heterocycles. The van der Waals surface area contributed by atoms with Gasteiger partial charge in [0.15, 0.2) is 0 Å². The number of rotatable bonds is 10. The topological polar surface area (TPSA) is 184 Å². The second-order valence-corrected chi connectivity index (χ2v) is 14.6. The number of amides is 1. The van der Waals surface area contributed by atoms with Crippen molar-refractivity contribution < 1.29 is 49.9 Å². The molecule has 322 valence electrons. The molecule has 0 atom stereocenters. The summed E-state index contributed by atoms with van der Waals surface area (Å²) in [5.41, 5.74) is 0.129. The van der Waals surface area contributed by atoms with E-state index in [0.717, 1.165) is 13.6 Å². The van der Waals surface area contributed by atoms with Gasteiger partial charge in [-0.25, -0.2) is 19.6 Å². The van der Waals surface area contributed by atoms with Crippen molar-refractivity contribution in [2.75, 3.05) is 12.4 Å². The van der Waals surface area contributed by atoms with E-state index in [1.54, 1.807) is 24.4 Å². The molecule has 0 bridgehead atoms. The van der Waals surface area contributed by atoms with Crippen molar-refractivity contribution in [3.8, 4) is 23.0 Å². The number of aromatic nitrogens is 6. The van der Waals surface area contributed by atoms with Crippen molar-refractivity contribution in [2.45, 2.75) is 65.2 Å². The van der Waals surface area contributed by atoms with Crippen LogP contribution in [0.15, 0.2) is 104 Å². The van der Waals surface area contributed by atoms with E-state index in [1.165, 1.54) is 68.1 Å². The first-order valence-electron chi connectivity index (χ1n) is 17.1. The summed E-state index contributed by atoms with van der Waals surface area (Å²) in [6.45, 7) is -0.861. The standard InChI is InChI=1S/C13H12F2N4O3.C12H16BF2NO3.C6H5BrF2N2.C5H4BrNO/c1-16-10(20)7-19-12(21)5-3-9(18-19)8-2-4-11(17-6-8)22-13(14)15;1-11(2)12(3,4)19-13(18-11)8-5-6-9(16-7-8)17-10(14)15;7-4-1-2-5(10-3-4)11-6(8)9;6-4-1-2-5(8)7-3-4/h2-6,13H,7H2,1H3,(H,16,20);5-7,10H,1-4H3;1-3,6H,(H,10,11);1-3H,(H,7,8). The molecule has 1 saturated heterocycles. The number of hydrogen-bond acceptors (Lipinski definition) is 12. The third-order valence-corrected chi connectivity index (χ3v) is 8.87. The van der Waals surface area contributed by atoms with Crippen LogP contribution in [0.1, 0.15) is 27.7 Å². The number of anilines is 1. The molecule has 15 nitrogen and oxygen atoms in total. The van der Waals surface area contributed by atoms with Crippen molar-refractivity contribution in [3.63, 3.8) is 0 Å². The average molecular weight is 978 g/mol. The Hall–Kier alpha value is -5.33. The number of H-pyrrole nitrogens is 1. The minimum atomic E-state index is -2.95. The molecule has 1 aliphatic rings. The van der Waals surface area contributed by atoms with Gasteiger partial charge in [0.2, 0.25) is 23.2 Å². The van der Waals surface area contributed by atoms with Crippen LogP contribution in [0.2, 0.25) is 0 Å². The van der Waals surface area contributed by atoms with E-state index >= 15 is 0 Å². The van der Waals surface area contributed by atoms with Gasteiger partial charge in [-0.2, -0.15) is 31.4 Å². The summed E-state index contributed by atoms with van der Waals surface area (Å²) < 4.78 is 94.1. The normalized spacial score (nSPS) is 13.6. The van der Waals surface area contributed by atoms with Gasteiger partial charge in [0.25, 0.3) is 5.56 Å². The highest BCUT2D eigenvalue weighted by atomic mass is 79.9. The maximum absolute atomic E-state index is 12.0. The molecule has 6 heterocycles. The lowest BCUT2D eigenvalue weighted by Gasteiger charge is -2.32. The van der Waals surface area contributed by atoms with Gasteiger partial charge in [-0.05, 0) is 89.9 Å². The Balaban J connectivity index is 0.000000228. The van der Waals surface area contributed by atoms with Gasteiger partial charge < -0.3 is 34.4 Å². The zero-order valence-electron chi connectivity index (χ0n) is 32.2. The van der Waals surface area contributed by atoms with Crippen molar-refractivity contribution in [1.82, 2.24) is 35.0 Å². The quantitative estimate of drug-likeness (QED) is 0.0814. The fourth-order valence-corrected chi connectivity index (χ4v) is 4.74. The molecule has 1 fully saturated rings. The Bertz CT molecular complexity index is 2190. The van der Waals surface area contributed by atoms with E-state index in [1.807, 2.05) is 33.0 Å². The van der Waals surface area contributed by atoms with Gasteiger partial charge in [-0.1, -0.05) is 6.07 Å². The monoisotopic (exact) mass is 976 g/mol. The molecule has 1 aliphatic heterocycles. The lowest BCUT2D eigenvalue weighted by atomic mass is 9.80. The van der Waals surface area contributed by atoms with E-state index in [2.05, 4.69) is 71.7 Å². The zero-order chi connectivity index (χ0) is 44.6. The first-order valence-corrected chi connectivity index (χ1v) is 18.7. The molecular formula is C36H37BBr2F6N8O7. The molecule has 5 aromatic rings. The number of aromatic amines is 1. The van der Waals surface area contributed by atoms with Gasteiger partial charge in [0.1, 0.15) is 12.4 Å². The van der Waals surface area contributed by atoms with Crippen LogP contribution < -0.4 is 36.7 Å². The van der Waals surface area contributed by atoms with Crippen LogP contribution in [0.5, 0.6) is 11.8 Å². The van der Waals surface area contributed by atoms with Crippen LogP contribution in [-0.2, 0) is 20.6 Å². The Morgan fingerprint density at radius 1 is 0.800 bits per heavy atom. The van der Waals surface area contributed by atoms with E-state index in [-0.39, 0.29) is 35.6 Å². The minimum absolute atomic E-state index is 0.0757. The maximum Gasteiger partial charge on any atom is 0.496 e. The Labute approximate surface area is 355 Å². The molecule has 3 N–H and O–H groups in total. The minimum Gasteiger partial charge on any atom is -0.417 e. The first kappa shape index (κ1) is 49.0. The third-order valence-electron chi connectivity index (χ3n) is 7.91. The Kier molecular flexibility index (Phi) is 18.7. The first-order chi connectivity index (χ1) is 28.2. The van der Waals surface area contributed by atoms with Crippen LogP contribution in [0, 0.1) is 0 Å². The fraction of sp³-hybridized carbons (Fsp3) is 0.306. The summed E-state index contributed by atoms with van der Waals surface area (Å²) in [6.07, 6.45) is 5.75. The molecule has 6 rings (SSSR count). The molecule has 24 heteroatoms. The second kappa shape index (κ2) is 22.9. The Morgan fingerprint density at radius 3 is 1.85 bits per heavy atom. The summed E-state index contributed by atoms with van der Waals surface area (Å²) in [7, 11) is 0.890. The van der Waals surface area contributed by atoms with E-state index in [4.69, 9.17) is 9.31 Å². The molecule has 0 radical (unpaired) electrons. The maximum atomic E-state index is 12.0. The number of alkyl halides is 6. The van der Waals surface area contributed by atoms with Crippen LogP contribution in [0.4, 0.5) is 32.2 Å². The number of hydrogen-bond donors (Lipinski definition) is 3. The molecule has 1 amide bonds. The second-order valence-electron chi connectivity index (χ2n) is 12.7. The van der Waals surface area contributed by atoms with E-state index in [0.29, 0.717) is 16.7 Å². The van der Waals surface area contributed by atoms with Gasteiger partial charge in [-0.3, -0.25) is 14.4 Å². The van der Waals surface area contributed by atoms with Crippen molar-refractivity contribution in [3.05, 3.63) is 115 Å². The summed E-state index contributed by atoms with van der Waals surface area (Å²) >= 11 is 6.31. The predicted molar refractivity (Wildman–Crippen MR) is 215 cm³/mol. The molecular weight excluding hydrogens is 941 g/mol. The predicted octanol–water partition coefficient (Wildman–Crippen LogP) is 6.25. The third kappa shape index (κ3) is 16.4. The summed E-state index contributed by atoms with van der Waals surface area (Å²) in [5, 5.41) is 8.29. The van der Waals surface area contributed by atoms with Crippen molar-refractivity contribution in [2.24, 2.45) is 0 Å². The van der Waals surface area contributed by atoms with Crippen LogP contribution in [0.3, 0.4) is 0 Å². The molecule has 0 aromatic carbocycles. The lowest BCUT2D eigenvalue weighted by molar-refractivity contribution is -0.121. The Morgan fingerprint density at radius 2 is 1.40 bits per heavy atom. The number of halogens is 8. The number of nitrogens with one attached hydrogen (secondary N) is 3. The highest BCUT2D eigenvalue weighted by Crippen LogP contribution is 2.36. The molecule has 0 aliphatic carbocycles. The molecule has 60 heavy (non-hydrogen) atoms. The molecule has 0 unspecified atom stereocenters. The lowest BCUT2D eigenvalue weighted by Crippen LogP contribution is -2.41. The number of likely N-dealkylation sites (N-methyl/N-ethyl adjacent to an activating group) is 1. The van der Waals surface area contributed by atoms with Gasteiger partial charge in [0, 0.05) is 76.1 Å². The summed E-state index contributed by atoms with van der Waals surface area (Å²) in [6, 6.07) is 14.7. The van der Waals surface area contributed by atoms with Crippen LogP contribution in [0.25, 0.3) is 11.3 Å². The largest absolute Gasteiger partial charge is 0.496 e. The number of pyridine rings is 4. The van der Waals surface area contributed by atoms with Crippen LogP contribution in [-0.4, -0.2) is 80.8 Å². The molecule has 0 saturated carbocycles. The summed E-state index contributed by atoms with van der Waals surface area (Å²) in [4.78, 5) is 47.0. The van der Waals surface area contributed by atoms with Gasteiger partial charge in [0.05, 0.1) is 16.9 Å². The number of carbonyl (C=O) groups excluding carboxylic acids is 1. The highest BCUT2D eigenvalue weighted by molar-refractivity contribution is 9.10. The number of ether oxygens (including phenoxy) is 2. The zero-order valence-corrected chi connectivity index (χ0v) is 35.4. The molecule has 0 spiro atoms. The average Bonchev–Trinajstić information content (AvgIpc) is 3.41. The van der Waals surface area contributed by atoms with Gasteiger partial charge >= 0.3 is 26.9 Å². The smallest absolute Gasteiger partial charge is 0.417 e. The van der Waals surface area contributed by atoms with E-state index in [9.17, 15) is 40.7 Å². The van der Waals surface area contributed by atoms with Gasteiger partial charge in [-0.15, -0.1) is 0 Å². The number of carbonyl (C=O) groups is 1. The van der Waals surface area contributed by atoms with Crippen molar-refractivity contribution >= 4 is 56.2 Å². The highest BCUT2D eigenvalue weighted by Gasteiger charge is 2.51. The summed E-state index contributed by atoms with van der Waals surface area (Å²) in [5.74, 6) is -0.554. The van der Waals surface area contributed by atoms with Crippen LogP contribution >= 0.6 is 31.9 Å².